The lowest BCUT2D eigenvalue weighted by Crippen LogP contribution is -2.46. The van der Waals surface area contributed by atoms with E-state index in [1.54, 1.807) is 38.1 Å². The van der Waals surface area contributed by atoms with E-state index < -0.39 is 11.6 Å². The number of hydrogen-bond donors (Lipinski definition) is 2. The Bertz CT molecular complexity index is 531. The average Bonchev–Trinajstić information content (AvgIpc) is 2.45. The fraction of sp³-hybridized carbons (Fsp3) is 0.529. The van der Waals surface area contributed by atoms with Gasteiger partial charge in [0, 0.05) is 18.0 Å². The molecule has 0 unspecified atom stereocenters. The van der Waals surface area contributed by atoms with E-state index in [0.29, 0.717) is 23.7 Å². The van der Waals surface area contributed by atoms with Gasteiger partial charge in [0.1, 0.15) is 5.75 Å². The average molecular weight is 342 g/mol. The number of amides is 1. The summed E-state index contributed by atoms with van der Waals surface area (Å²) >= 11 is 5.90. The lowest BCUT2D eigenvalue weighted by atomic mass is 10.1. The molecule has 0 heterocycles. The van der Waals surface area contributed by atoms with Crippen LogP contribution in [0.5, 0.6) is 5.75 Å². The second kappa shape index (κ2) is 9.40. The molecule has 1 amide bonds. The number of nitrogens with one attached hydrogen (secondary N) is 1. The summed E-state index contributed by atoms with van der Waals surface area (Å²) in [6, 6.07) is 6.93. The van der Waals surface area contributed by atoms with Crippen LogP contribution in [0, 0.1) is 0 Å². The first-order chi connectivity index (χ1) is 10.8. The van der Waals surface area contributed by atoms with Gasteiger partial charge >= 0.3 is 5.97 Å². The topological polar surface area (TPSA) is 75.6 Å². The lowest BCUT2D eigenvalue weighted by molar-refractivity contribution is -0.137. The van der Waals surface area contributed by atoms with Gasteiger partial charge in [-0.05, 0) is 44.9 Å². The predicted octanol–water partition coefficient (Wildman–Crippen LogP) is 3.65. The minimum atomic E-state index is -0.992. The van der Waals surface area contributed by atoms with Crippen LogP contribution in [0.4, 0.5) is 0 Å². The molecular weight excluding hydrogens is 318 g/mol. The van der Waals surface area contributed by atoms with Crippen molar-refractivity contribution in [3.05, 3.63) is 29.3 Å². The SMILES string of the molecule is CC(C)(Oc1cccc(Cl)c1)C(=O)NCCCCCCC(=O)O. The van der Waals surface area contributed by atoms with Crippen LogP contribution < -0.4 is 10.1 Å². The number of carbonyl (C=O) groups is 2. The molecular formula is C17H24ClNO4. The van der Waals surface area contributed by atoms with Crippen molar-refractivity contribution in [3.8, 4) is 5.75 Å². The molecule has 23 heavy (non-hydrogen) atoms. The van der Waals surface area contributed by atoms with Gasteiger partial charge in [0.15, 0.2) is 5.60 Å². The molecule has 0 fully saturated rings. The molecule has 0 aliphatic rings. The Morgan fingerprint density at radius 3 is 2.57 bits per heavy atom. The summed E-state index contributed by atoms with van der Waals surface area (Å²) in [6.07, 6.45) is 3.44. The zero-order chi connectivity index (χ0) is 17.3. The zero-order valence-electron chi connectivity index (χ0n) is 13.6. The summed E-state index contributed by atoms with van der Waals surface area (Å²) in [7, 11) is 0. The molecule has 0 bridgehead atoms. The van der Waals surface area contributed by atoms with Crippen molar-refractivity contribution in [2.75, 3.05) is 6.54 Å². The van der Waals surface area contributed by atoms with Gasteiger partial charge in [-0.25, -0.2) is 0 Å². The van der Waals surface area contributed by atoms with Gasteiger partial charge in [-0.1, -0.05) is 30.5 Å². The van der Waals surface area contributed by atoms with Gasteiger partial charge in [-0.3, -0.25) is 9.59 Å². The van der Waals surface area contributed by atoms with Crippen LogP contribution in [0.15, 0.2) is 24.3 Å². The normalized spacial score (nSPS) is 11.1. The predicted molar refractivity (Wildman–Crippen MR) is 89.9 cm³/mol. The fourth-order valence-corrected chi connectivity index (χ4v) is 2.22. The number of halogens is 1. The first kappa shape index (κ1) is 19.3. The number of aliphatic carboxylic acids is 1. The fourth-order valence-electron chi connectivity index (χ4n) is 2.04. The molecule has 0 saturated carbocycles. The molecule has 0 spiro atoms. The first-order valence-corrected chi connectivity index (χ1v) is 8.14. The maximum atomic E-state index is 12.2. The van der Waals surface area contributed by atoms with Gasteiger partial charge in [-0.2, -0.15) is 0 Å². The Morgan fingerprint density at radius 2 is 1.91 bits per heavy atom. The van der Waals surface area contributed by atoms with Crippen molar-refractivity contribution < 1.29 is 19.4 Å². The van der Waals surface area contributed by atoms with E-state index >= 15 is 0 Å². The summed E-state index contributed by atoms with van der Waals surface area (Å²) in [5.41, 5.74) is -0.992. The van der Waals surface area contributed by atoms with E-state index in [4.69, 9.17) is 21.4 Å². The molecule has 0 saturated heterocycles. The molecule has 1 rings (SSSR count). The maximum Gasteiger partial charge on any atom is 0.303 e. The molecule has 1 aromatic carbocycles. The van der Waals surface area contributed by atoms with E-state index in [1.165, 1.54) is 0 Å². The molecule has 6 heteroatoms. The van der Waals surface area contributed by atoms with Gasteiger partial charge in [0.2, 0.25) is 0 Å². The quantitative estimate of drug-likeness (QED) is 0.637. The highest BCUT2D eigenvalue weighted by atomic mass is 35.5. The number of ether oxygens (including phenoxy) is 1. The summed E-state index contributed by atoms with van der Waals surface area (Å²) in [5.74, 6) is -0.410. The van der Waals surface area contributed by atoms with Gasteiger partial charge in [0.05, 0.1) is 0 Å². The second-order valence-electron chi connectivity index (χ2n) is 5.88. The number of carbonyl (C=O) groups excluding carboxylic acids is 1. The summed E-state index contributed by atoms with van der Waals surface area (Å²) in [4.78, 5) is 22.6. The molecule has 5 nitrogen and oxygen atoms in total. The highest BCUT2D eigenvalue weighted by molar-refractivity contribution is 6.30. The Morgan fingerprint density at radius 1 is 1.22 bits per heavy atom. The van der Waals surface area contributed by atoms with Crippen LogP contribution in [0.3, 0.4) is 0 Å². The van der Waals surface area contributed by atoms with Crippen molar-refractivity contribution in [2.24, 2.45) is 0 Å². The Labute approximate surface area is 142 Å². The summed E-state index contributed by atoms with van der Waals surface area (Å²) in [6.45, 7) is 3.96. The molecule has 1 aromatic rings. The third-order valence-corrected chi connectivity index (χ3v) is 3.55. The second-order valence-corrected chi connectivity index (χ2v) is 6.32. The van der Waals surface area contributed by atoms with E-state index in [2.05, 4.69) is 5.32 Å². The van der Waals surface area contributed by atoms with Crippen LogP contribution in [0.2, 0.25) is 5.02 Å². The number of hydrogen-bond acceptors (Lipinski definition) is 3. The van der Waals surface area contributed by atoms with E-state index in [0.717, 1.165) is 19.3 Å². The molecule has 0 atom stereocenters. The molecule has 0 aromatic heterocycles. The molecule has 0 aliphatic heterocycles. The maximum absolute atomic E-state index is 12.2. The molecule has 2 N–H and O–H groups in total. The minimum Gasteiger partial charge on any atom is -0.481 e. The number of carboxylic acids is 1. The van der Waals surface area contributed by atoms with E-state index in [1.807, 2.05) is 0 Å². The number of benzene rings is 1. The molecule has 0 radical (unpaired) electrons. The molecule has 128 valence electrons. The van der Waals surface area contributed by atoms with Crippen molar-refractivity contribution in [3.63, 3.8) is 0 Å². The van der Waals surface area contributed by atoms with Crippen LogP contribution in [0.25, 0.3) is 0 Å². The van der Waals surface area contributed by atoms with E-state index in [-0.39, 0.29) is 12.3 Å². The van der Waals surface area contributed by atoms with Crippen molar-refractivity contribution in [2.45, 2.75) is 51.6 Å². The van der Waals surface area contributed by atoms with Crippen molar-refractivity contribution >= 4 is 23.5 Å². The smallest absolute Gasteiger partial charge is 0.303 e. The zero-order valence-corrected chi connectivity index (χ0v) is 14.4. The minimum absolute atomic E-state index is 0.192. The lowest BCUT2D eigenvalue weighted by Gasteiger charge is -2.25. The van der Waals surface area contributed by atoms with Crippen molar-refractivity contribution in [1.82, 2.24) is 5.32 Å². The summed E-state index contributed by atoms with van der Waals surface area (Å²) < 4.78 is 5.70. The highest BCUT2D eigenvalue weighted by Crippen LogP contribution is 2.22. The Kier molecular flexibility index (Phi) is 7.89. The third-order valence-electron chi connectivity index (χ3n) is 3.32. The number of rotatable bonds is 10. The Balaban J connectivity index is 2.28. The standard InChI is InChI=1S/C17H24ClNO4/c1-17(2,23-14-9-7-8-13(18)12-14)16(22)19-11-6-4-3-5-10-15(20)21/h7-9,12H,3-6,10-11H2,1-2H3,(H,19,22)(H,20,21). The monoisotopic (exact) mass is 341 g/mol. The van der Waals surface area contributed by atoms with Gasteiger partial charge in [0.25, 0.3) is 5.91 Å². The van der Waals surface area contributed by atoms with Gasteiger partial charge in [-0.15, -0.1) is 0 Å². The van der Waals surface area contributed by atoms with Gasteiger partial charge < -0.3 is 15.2 Å². The van der Waals surface area contributed by atoms with Crippen molar-refractivity contribution in [1.29, 1.82) is 0 Å². The number of carboxylic acid groups (broad SMARTS) is 1. The van der Waals surface area contributed by atoms with Crippen LogP contribution in [0.1, 0.15) is 46.0 Å². The van der Waals surface area contributed by atoms with E-state index in [9.17, 15) is 9.59 Å². The van der Waals surface area contributed by atoms with Crippen LogP contribution in [-0.4, -0.2) is 29.1 Å². The largest absolute Gasteiger partial charge is 0.481 e. The van der Waals surface area contributed by atoms with Crippen LogP contribution >= 0.6 is 11.6 Å². The van der Waals surface area contributed by atoms with Crippen LogP contribution in [-0.2, 0) is 9.59 Å². The number of unbranched alkanes of at least 4 members (excludes halogenated alkanes) is 3. The summed E-state index contributed by atoms with van der Waals surface area (Å²) in [5, 5.41) is 11.9. The third kappa shape index (κ3) is 7.88. The first-order valence-electron chi connectivity index (χ1n) is 7.76. The highest BCUT2D eigenvalue weighted by Gasteiger charge is 2.29. The molecule has 0 aliphatic carbocycles. The Hall–Kier alpha value is -1.75.